The van der Waals surface area contributed by atoms with Gasteiger partial charge in [-0.05, 0) is 18.9 Å². The number of halogens is 1. The lowest BCUT2D eigenvalue weighted by Crippen LogP contribution is -2.34. The van der Waals surface area contributed by atoms with Crippen molar-refractivity contribution >= 4 is 21.8 Å². The Bertz CT molecular complexity index is 563. The molecule has 0 N–H and O–H groups in total. The molecule has 1 fully saturated rings. The van der Waals surface area contributed by atoms with Crippen LogP contribution in [0.25, 0.3) is 0 Å². The van der Waals surface area contributed by atoms with E-state index >= 15 is 0 Å². The molecule has 1 saturated heterocycles. The minimum Gasteiger partial charge on any atom is -0.212 e. The molecule has 3 nitrogen and oxygen atoms in total. The molecule has 6 heteroatoms. The maximum Gasteiger partial charge on any atom is 0.214 e. The van der Waals surface area contributed by atoms with Gasteiger partial charge in [-0.1, -0.05) is 31.5 Å². The van der Waals surface area contributed by atoms with Crippen molar-refractivity contribution < 1.29 is 12.8 Å². The molecule has 1 atom stereocenters. The second-order valence-electron chi connectivity index (χ2n) is 5.24. The largest absolute Gasteiger partial charge is 0.214 e. The lowest BCUT2D eigenvalue weighted by molar-refractivity contribution is 0.426. The molecular weight excluding hydrogens is 309 g/mol. The summed E-state index contributed by atoms with van der Waals surface area (Å²) in [5.41, 5.74) is 0.690. The van der Waals surface area contributed by atoms with Crippen molar-refractivity contribution in [2.24, 2.45) is 0 Å². The fourth-order valence-corrected chi connectivity index (χ4v) is 5.50. The van der Waals surface area contributed by atoms with E-state index in [9.17, 15) is 12.8 Å². The molecule has 118 valence electrons. The SMILES string of the molecule is CCCCS(=O)(=O)N1CCSC(c2ccccc2F)CC1. The second-order valence-corrected chi connectivity index (χ2v) is 8.64. The summed E-state index contributed by atoms with van der Waals surface area (Å²) in [4.78, 5) is 0. The number of hydrogen-bond acceptors (Lipinski definition) is 3. The van der Waals surface area contributed by atoms with Gasteiger partial charge in [0, 0.05) is 29.7 Å². The zero-order valence-corrected chi connectivity index (χ0v) is 13.9. The van der Waals surface area contributed by atoms with Gasteiger partial charge in [-0.15, -0.1) is 0 Å². The van der Waals surface area contributed by atoms with Crippen LogP contribution in [0.15, 0.2) is 24.3 Å². The molecule has 21 heavy (non-hydrogen) atoms. The number of unbranched alkanes of at least 4 members (excludes halogenated alkanes) is 1. The number of rotatable bonds is 5. The maximum atomic E-state index is 13.9. The van der Waals surface area contributed by atoms with Gasteiger partial charge in [-0.2, -0.15) is 11.8 Å². The summed E-state index contributed by atoms with van der Waals surface area (Å²) in [6.45, 7) is 3.00. The second kappa shape index (κ2) is 7.61. The third-order valence-corrected chi connectivity index (χ3v) is 6.97. The van der Waals surface area contributed by atoms with Crippen molar-refractivity contribution in [1.82, 2.24) is 4.31 Å². The van der Waals surface area contributed by atoms with Gasteiger partial charge in [0.15, 0.2) is 0 Å². The van der Waals surface area contributed by atoms with E-state index in [2.05, 4.69) is 0 Å². The highest BCUT2D eigenvalue weighted by molar-refractivity contribution is 7.99. The van der Waals surface area contributed by atoms with Crippen LogP contribution in [0.4, 0.5) is 4.39 Å². The lowest BCUT2D eigenvalue weighted by Gasteiger charge is -2.19. The molecule has 0 saturated carbocycles. The monoisotopic (exact) mass is 331 g/mol. The summed E-state index contributed by atoms with van der Waals surface area (Å²) in [6.07, 6.45) is 2.24. The highest BCUT2D eigenvalue weighted by Gasteiger charge is 2.27. The topological polar surface area (TPSA) is 37.4 Å². The minimum atomic E-state index is -3.16. The first kappa shape index (κ1) is 16.8. The molecule has 0 aromatic heterocycles. The third kappa shape index (κ3) is 4.44. The maximum absolute atomic E-state index is 13.9. The molecule has 1 aromatic rings. The van der Waals surface area contributed by atoms with E-state index in [-0.39, 0.29) is 16.8 Å². The fraction of sp³-hybridized carbons (Fsp3) is 0.600. The Morgan fingerprint density at radius 2 is 2.10 bits per heavy atom. The number of nitrogens with zero attached hydrogens (tertiary/aromatic N) is 1. The summed E-state index contributed by atoms with van der Waals surface area (Å²) >= 11 is 1.65. The van der Waals surface area contributed by atoms with Gasteiger partial charge in [0.2, 0.25) is 10.0 Å². The first-order valence-corrected chi connectivity index (χ1v) is 10.0. The normalized spacial score (nSPS) is 21.1. The fourth-order valence-electron chi connectivity index (χ4n) is 2.47. The number of benzene rings is 1. The Morgan fingerprint density at radius 3 is 2.81 bits per heavy atom. The van der Waals surface area contributed by atoms with Gasteiger partial charge in [0.25, 0.3) is 0 Å². The van der Waals surface area contributed by atoms with Gasteiger partial charge in [-0.3, -0.25) is 0 Å². The summed E-state index contributed by atoms with van der Waals surface area (Å²) in [7, 11) is -3.16. The molecule has 0 spiro atoms. The van der Waals surface area contributed by atoms with Crippen LogP contribution in [0.2, 0.25) is 0 Å². The van der Waals surface area contributed by atoms with Gasteiger partial charge in [-0.25, -0.2) is 17.1 Å². The highest BCUT2D eigenvalue weighted by atomic mass is 32.2. The van der Waals surface area contributed by atoms with Crippen LogP contribution in [0, 0.1) is 5.82 Å². The van der Waals surface area contributed by atoms with Gasteiger partial charge < -0.3 is 0 Å². The minimum absolute atomic E-state index is 0.0394. The Morgan fingerprint density at radius 1 is 1.33 bits per heavy atom. The Balaban J connectivity index is 2.04. The van der Waals surface area contributed by atoms with E-state index < -0.39 is 10.0 Å². The van der Waals surface area contributed by atoms with E-state index in [4.69, 9.17) is 0 Å². The third-order valence-electron chi connectivity index (χ3n) is 3.70. The first-order valence-electron chi connectivity index (χ1n) is 7.38. The van der Waals surface area contributed by atoms with Crippen molar-refractivity contribution in [3.05, 3.63) is 35.6 Å². The Labute approximate surface area is 131 Å². The molecule has 0 aliphatic carbocycles. The average molecular weight is 331 g/mol. The molecule has 0 radical (unpaired) electrons. The summed E-state index contributed by atoms with van der Waals surface area (Å²) < 4.78 is 39.9. The summed E-state index contributed by atoms with van der Waals surface area (Å²) in [5, 5.41) is 0.0394. The molecular formula is C15H22FNO2S2. The Kier molecular flexibility index (Phi) is 6.08. The molecule has 2 rings (SSSR count). The highest BCUT2D eigenvalue weighted by Crippen LogP contribution is 2.36. The van der Waals surface area contributed by atoms with E-state index in [0.717, 1.165) is 6.42 Å². The van der Waals surface area contributed by atoms with Gasteiger partial charge in [0.05, 0.1) is 5.75 Å². The van der Waals surface area contributed by atoms with Crippen LogP contribution in [0.5, 0.6) is 0 Å². The molecule has 1 aliphatic heterocycles. The van der Waals surface area contributed by atoms with E-state index in [1.165, 1.54) is 6.07 Å². The zero-order chi connectivity index (χ0) is 15.3. The molecule has 1 heterocycles. The Hall–Kier alpha value is -0.590. The molecule has 0 bridgehead atoms. The smallest absolute Gasteiger partial charge is 0.212 e. The van der Waals surface area contributed by atoms with Crippen LogP contribution in [0.3, 0.4) is 0 Å². The van der Waals surface area contributed by atoms with E-state index in [0.29, 0.717) is 37.2 Å². The quantitative estimate of drug-likeness (QED) is 0.829. The predicted molar refractivity (Wildman–Crippen MR) is 86.5 cm³/mol. The van der Waals surface area contributed by atoms with Crippen LogP contribution < -0.4 is 0 Å². The number of sulfonamides is 1. The van der Waals surface area contributed by atoms with Gasteiger partial charge in [0.1, 0.15) is 5.82 Å². The average Bonchev–Trinajstić information content (AvgIpc) is 2.72. The van der Waals surface area contributed by atoms with Crippen LogP contribution in [-0.4, -0.2) is 37.3 Å². The molecule has 1 aliphatic rings. The number of thioether (sulfide) groups is 1. The zero-order valence-electron chi connectivity index (χ0n) is 12.3. The van der Waals surface area contributed by atoms with Crippen molar-refractivity contribution in [3.63, 3.8) is 0 Å². The van der Waals surface area contributed by atoms with Crippen LogP contribution in [0.1, 0.15) is 37.0 Å². The summed E-state index contributed by atoms with van der Waals surface area (Å²) in [5.74, 6) is 0.736. The van der Waals surface area contributed by atoms with Crippen LogP contribution >= 0.6 is 11.8 Å². The molecule has 0 amide bonds. The molecule has 1 unspecified atom stereocenters. The number of hydrogen-bond donors (Lipinski definition) is 0. The van der Waals surface area contributed by atoms with E-state index in [1.54, 1.807) is 28.2 Å². The van der Waals surface area contributed by atoms with Crippen molar-refractivity contribution in [2.75, 3.05) is 24.6 Å². The van der Waals surface area contributed by atoms with Crippen molar-refractivity contribution in [3.8, 4) is 0 Å². The molecule has 1 aromatic carbocycles. The van der Waals surface area contributed by atoms with Crippen LogP contribution in [-0.2, 0) is 10.0 Å². The van der Waals surface area contributed by atoms with Crippen molar-refractivity contribution in [1.29, 1.82) is 0 Å². The van der Waals surface area contributed by atoms with Gasteiger partial charge >= 0.3 is 0 Å². The van der Waals surface area contributed by atoms with E-state index in [1.807, 2.05) is 13.0 Å². The predicted octanol–water partition coefficient (Wildman–Crippen LogP) is 3.44. The lowest BCUT2D eigenvalue weighted by atomic mass is 10.1. The van der Waals surface area contributed by atoms with Crippen molar-refractivity contribution in [2.45, 2.75) is 31.4 Å². The first-order chi connectivity index (χ1) is 10.0. The summed E-state index contributed by atoms with van der Waals surface area (Å²) in [6, 6.07) is 6.78. The standard InChI is InChI=1S/C15H22FNO2S2/c1-2-3-12-21(18,19)17-9-8-15(20-11-10-17)13-6-4-5-7-14(13)16/h4-7,15H,2-3,8-12H2,1H3.